The molecular formula is C16H25N3O2. The Hall–Kier alpha value is -1.75. The normalized spacial score (nSPS) is 21.6. The van der Waals surface area contributed by atoms with E-state index in [4.69, 9.17) is 10.5 Å². The molecule has 1 fully saturated rings. The number of nitrogens with one attached hydrogen (secondary N) is 2. The number of ether oxygens (including phenoxy) is 1. The number of hydrogen-bond donors (Lipinski definition) is 3. The summed E-state index contributed by atoms with van der Waals surface area (Å²) in [5, 5.41) is 6.10. The molecule has 2 rings (SSSR count). The summed E-state index contributed by atoms with van der Waals surface area (Å²) < 4.78 is 5.46. The molecule has 5 nitrogen and oxygen atoms in total. The van der Waals surface area contributed by atoms with Crippen LogP contribution >= 0.6 is 0 Å². The van der Waals surface area contributed by atoms with Gasteiger partial charge in [0, 0.05) is 24.8 Å². The van der Waals surface area contributed by atoms with Gasteiger partial charge >= 0.3 is 0 Å². The fraction of sp³-hybridized carbons (Fsp3) is 0.562. The second kappa shape index (κ2) is 7.88. The molecule has 0 radical (unpaired) electrons. The van der Waals surface area contributed by atoms with E-state index in [-0.39, 0.29) is 12.5 Å². The monoisotopic (exact) mass is 291 g/mol. The summed E-state index contributed by atoms with van der Waals surface area (Å²) in [6.07, 6.45) is 4.88. The van der Waals surface area contributed by atoms with E-state index in [2.05, 4.69) is 10.6 Å². The zero-order chi connectivity index (χ0) is 15.1. The summed E-state index contributed by atoms with van der Waals surface area (Å²) in [6, 6.07) is 8.18. The van der Waals surface area contributed by atoms with Crippen molar-refractivity contribution in [3.05, 3.63) is 24.3 Å². The Bertz CT molecular complexity index is 465. The summed E-state index contributed by atoms with van der Waals surface area (Å²) >= 11 is 0. The maximum absolute atomic E-state index is 11.2. The predicted molar refractivity (Wildman–Crippen MR) is 84.4 cm³/mol. The maximum atomic E-state index is 11.2. The van der Waals surface area contributed by atoms with Gasteiger partial charge in [-0.15, -0.1) is 0 Å². The largest absolute Gasteiger partial charge is 0.484 e. The maximum Gasteiger partial charge on any atom is 0.257 e. The number of hydrogen-bond acceptors (Lipinski definition) is 4. The van der Waals surface area contributed by atoms with Gasteiger partial charge in [0.2, 0.25) is 0 Å². The van der Waals surface area contributed by atoms with Crippen molar-refractivity contribution in [2.45, 2.75) is 31.7 Å². The third kappa shape index (κ3) is 4.63. The molecule has 5 heteroatoms. The fourth-order valence-electron chi connectivity index (χ4n) is 2.79. The lowest BCUT2D eigenvalue weighted by molar-refractivity contribution is -0.122. The highest BCUT2D eigenvalue weighted by Crippen LogP contribution is 2.27. The number of anilines is 1. The number of benzene rings is 1. The topological polar surface area (TPSA) is 76.4 Å². The molecule has 4 N–H and O–H groups in total. The Balaban J connectivity index is 1.95. The number of carbonyl (C=O) groups is 1. The van der Waals surface area contributed by atoms with Gasteiger partial charge in [-0.25, -0.2) is 0 Å². The Labute approximate surface area is 126 Å². The van der Waals surface area contributed by atoms with Gasteiger partial charge in [-0.1, -0.05) is 18.9 Å². The van der Waals surface area contributed by atoms with E-state index >= 15 is 0 Å². The van der Waals surface area contributed by atoms with Crippen molar-refractivity contribution in [1.82, 2.24) is 5.32 Å². The van der Waals surface area contributed by atoms with Gasteiger partial charge in [0.25, 0.3) is 5.91 Å². The van der Waals surface area contributed by atoms with Gasteiger partial charge in [0.05, 0.1) is 0 Å². The average Bonchev–Trinajstić information content (AvgIpc) is 2.53. The zero-order valence-electron chi connectivity index (χ0n) is 12.6. The molecule has 0 aromatic heterocycles. The van der Waals surface area contributed by atoms with Gasteiger partial charge in [-0.3, -0.25) is 4.79 Å². The minimum Gasteiger partial charge on any atom is -0.484 e. The number of amides is 1. The van der Waals surface area contributed by atoms with Crippen molar-refractivity contribution in [2.24, 2.45) is 11.7 Å². The van der Waals surface area contributed by atoms with E-state index in [1.165, 1.54) is 19.3 Å². The molecule has 1 aromatic rings. The van der Waals surface area contributed by atoms with Gasteiger partial charge < -0.3 is 21.1 Å². The van der Waals surface area contributed by atoms with E-state index in [1.807, 2.05) is 24.3 Å². The fourth-order valence-corrected chi connectivity index (χ4v) is 2.79. The van der Waals surface area contributed by atoms with Crippen molar-refractivity contribution in [3.63, 3.8) is 0 Å². The minimum absolute atomic E-state index is 0.0365. The number of rotatable bonds is 6. The molecule has 0 heterocycles. The van der Waals surface area contributed by atoms with E-state index in [0.717, 1.165) is 18.7 Å². The van der Waals surface area contributed by atoms with Crippen LogP contribution in [0.5, 0.6) is 5.75 Å². The second-order valence-electron chi connectivity index (χ2n) is 5.52. The molecule has 2 unspecified atom stereocenters. The van der Waals surface area contributed by atoms with E-state index in [0.29, 0.717) is 17.7 Å². The number of carbonyl (C=O) groups excluding carboxylic acids is 1. The molecule has 116 valence electrons. The Kier molecular flexibility index (Phi) is 5.87. The molecule has 0 bridgehead atoms. The van der Waals surface area contributed by atoms with E-state index < -0.39 is 0 Å². The zero-order valence-corrected chi connectivity index (χ0v) is 12.6. The third-order valence-corrected chi connectivity index (χ3v) is 4.05. The van der Waals surface area contributed by atoms with Crippen LogP contribution in [-0.4, -0.2) is 32.1 Å². The standard InChI is InChI=1S/C16H25N3O2/c1-18-16(20)11-21-14-7-4-6-13(9-14)19-15-8-3-2-5-12(15)10-17/h4,6-7,9,12,15,19H,2-3,5,8,10-11,17H2,1H3,(H,18,20). The Morgan fingerprint density at radius 2 is 2.19 bits per heavy atom. The molecule has 2 atom stereocenters. The van der Waals surface area contributed by atoms with Crippen LogP contribution in [0, 0.1) is 5.92 Å². The first-order valence-corrected chi connectivity index (χ1v) is 7.63. The first-order valence-electron chi connectivity index (χ1n) is 7.63. The van der Waals surface area contributed by atoms with Crippen LogP contribution in [0.15, 0.2) is 24.3 Å². The first kappa shape index (κ1) is 15.6. The predicted octanol–water partition coefficient (Wildman–Crippen LogP) is 1.74. The van der Waals surface area contributed by atoms with Crippen LogP contribution < -0.4 is 21.1 Å². The summed E-state index contributed by atoms with van der Waals surface area (Å²) in [5.41, 5.74) is 6.89. The van der Waals surface area contributed by atoms with Crippen molar-refractivity contribution >= 4 is 11.6 Å². The Morgan fingerprint density at radius 3 is 2.95 bits per heavy atom. The molecule has 0 aliphatic heterocycles. The lowest BCUT2D eigenvalue weighted by atomic mass is 9.84. The van der Waals surface area contributed by atoms with E-state index in [9.17, 15) is 4.79 Å². The molecule has 1 saturated carbocycles. The molecule has 0 spiro atoms. The van der Waals surface area contributed by atoms with Crippen molar-refractivity contribution in [2.75, 3.05) is 25.5 Å². The highest BCUT2D eigenvalue weighted by Gasteiger charge is 2.23. The molecule has 1 aliphatic carbocycles. The lowest BCUT2D eigenvalue weighted by Gasteiger charge is -2.32. The molecule has 0 saturated heterocycles. The SMILES string of the molecule is CNC(=O)COc1cccc(NC2CCCCC2CN)c1. The molecule has 1 amide bonds. The summed E-state index contributed by atoms with van der Waals surface area (Å²) in [5.74, 6) is 1.10. The molecule has 1 aliphatic rings. The van der Waals surface area contributed by atoms with Crippen LogP contribution in [-0.2, 0) is 4.79 Å². The summed E-state index contributed by atoms with van der Waals surface area (Å²) in [4.78, 5) is 11.2. The van der Waals surface area contributed by atoms with Gasteiger partial charge in [-0.2, -0.15) is 0 Å². The van der Waals surface area contributed by atoms with E-state index in [1.54, 1.807) is 7.05 Å². The van der Waals surface area contributed by atoms with Crippen LogP contribution in [0.2, 0.25) is 0 Å². The number of likely N-dealkylation sites (N-methyl/N-ethyl adjacent to an activating group) is 1. The Morgan fingerprint density at radius 1 is 1.38 bits per heavy atom. The van der Waals surface area contributed by atoms with Crippen LogP contribution in [0.3, 0.4) is 0 Å². The van der Waals surface area contributed by atoms with Crippen molar-refractivity contribution in [3.8, 4) is 5.75 Å². The van der Waals surface area contributed by atoms with Crippen molar-refractivity contribution < 1.29 is 9.53 Å². The first-order chi connectivity index (χ1) is 10.2. The van der Waals surface area contributed by atoms with Gasteiger partial charge in [-0.05, 0) is 37.4 Å². The van der Waals surface area contributed by atoms with Gasteiger partial charge in [0.1, 0.15) is 5.75 Å². The highest BCUT2D eigenvalue weighted by molar-refractivity contribution is 5.77. The van der Waals surface area contributed by atoms with Crippen LogP contribution in [0.25, 0.3) is 0 Å². The number of nitrogens with two attached hydrogens (primary N) is 1. The van der Waals surface area contributed by atoms with Crippen LogP contribution in [0.1, 0.15) is 25.7 Å². The summed E-state index contributed by atoms with van der Waals surface area (Å²) in [6.45, 7) is 0.763. The average molecular weight is 291 g/mol. The molecule has 1 aromatic carbocycles. The lowest BCUT2D eigenvalue weighted by Crippen LogP contribution is -2.36. The van der Waals surface area contributed by atoms with Crippen molar-refractivity contribution in [1.29, 1.82) is 0 Å². The molecule has 21 heavy (non-hydrogen) atoms. The second-order valence-corrected chi connectivity index (χ2v) is 5.52. The minimum atomic E-state index is -0.135. The van der Waals surface area contributed by atoms with Gasteiger partial charge in [0.15, 0.2) is 6.61 Å². The quantitative estimate of drug-likeness (QED) is 0.746. The molecular weight excluding hydrogens is 266 g/mol. The highest BCUT2D eigenvalue weighted by atomic mass is 16.5. The summed E-state index contributed by atoms with van der Waals surface area (Å²) in [7, 11) is 1.60. The third-order valence-electron chi connectivity index (χ3n) is 4.05. The smallest absolute Gasteiger partial charge is 0.257 e. The van der Waals surface area contributed by atoms with Crippen LogP contribution in [0.4, 0.5) is 5.69 Å².